The minimum absolute atomic E-state index is 0.186. The highest BCUT2D eigenvalue weighted by molar-refractivity contribution is 7.81. The van der Waals surface area contributed by atoms with Gasteiger partial charge >= 0.3 is 5.97 Å². The van der Waals surface area contributed by atoms with E-state index < -0.39 is 18.1 Å². The molecule has 0 bridgehead atoms. The quantitative estimate of drug-likeness (QED) is 0.390. The van der Waals surface area contributed by atoms with Crippen molar-refractivity contribution in [2.45, 2.75) is 31.2 Å². The molecule has 0 heterocycles. The Balaban J connectivity index is 4.25. The van der Waals surface area contributed by atoms with Gasteiger partial charge in [0.25, 0.3) is 0 Å². The predicted molar refractivity (Wildman–Crippen MR) is 68.8 cm³/mol. The molecular formula is C9H18N2O3S2. The molecule has 5 nitrogen and oxygen atoms in total. The van der Waals surface area contributed by atoms with E-state index in [1.807, 2.05) is 0 Å². The Bertz CT molecular complexity index is 251. The van der Waals surface area contributed by atoms with Gasteiger partial charge in [-0.25, -0.2) is 4.79 Å². The second-order valence-electron chi connectivity index (χ2n) is 3.38. The molecule has 16 heavy (non-hydrogen) atoms. The lowest BCUT2D eigenvalue weighted by atomic mass is 10.2. The Morgan fingerprint density at radius 1 is 1.50 bits per heavy atom. The molecule has 0 fully saturated rings. The Morgan fingerprint density at radius 3 is 2.44 bits per heavy atom. The third kappa shape index (κ3) is 5.62. The summed E-state index contributed by atoms with van der Waals surface area (Å²) in [5, 5.41) is 2.23. The van der Waals surface area contributed by atoms with Crippen LogP contribution in [-0.2, 0) is 14.3 Å². The summed E-state index contributed by atoms with van der Waals surface area (Å²) in [4.78, 5) is 22.4. The van der Waals surface area contributed by atoms with Crippen molar-refractivity contribution in [3.8, 4) is 0 Å². The number of carbonyl (C=O) groups is 2. The number of rotatable bonds is 6. The van der Waals surface area contributed by atoms with Crippen molar-refractivity contribution in [3.05, 3.63) is 0 Å². The van der Waals surface area contributed by atoms with Crippen LogP contribution in [0.2, 0.25) is 0 Å². The number of thiol groups is 2. The number of hydrogen-bond donors (Lipinski definition) is 4. The van der Waals surface area contributed by atoms with Crippen molar-refractivity contribution >= 4 is 37.1 Å². The highest BCUT2D eigenvalue weighted by Crippen LogP contribution is 2.06. The second kappa shape index (κ2) is 7.81. The van der Waals surface area contributed by atoms with Crippen molar-refractivity contribution in [2.75, 3.05) is 12.3 Å². The topological polar surface area (TPSA) is 81.4 Å². The van der Waals surface area contributed by atoms with Crippen molar-refractivity contribution in [1.82, 2.24) is 5.32 Å². The van der Waals surface area contributed by atoms with Gasteiger partial charge in [0.1, 0.15) is 12.1 Å². The molecule has 94 valence electrons. The number of nitrogens with one attached hydrogen (secondary N) is 1. The van der Waals surface area contributed by atoms with E-state index in [9.17, 15) is 9.59 Å². The Hall–Kier alpha value is -0.400. The molecule has 0 rings (SSSR count). The van der Waals surface area contributed by atoms with Crippen LogP contribution in [0.4, 0.5) is 0 Å². The number of esters is 1. The fourth-order valence-corrected chi connectivity index (χ4v) is 1.26. The SMILES string of the molecule is CC(=O)NC(CS)C(=O)OC(C)C(S)CN. The monoisotopic (exact) mass is 266 g/mol. The molecule has 0 radical (unpaired) electrons. The Morgan fingerprint density at radius 2 is 2.06 bits per heavy atom. The fraction of sp³-hybridized carbons (Fsp3) is 0.778. The van der Waals surface area contributed by atoms with E-state index in [4.69, 9.17) is 10.5 Å². The maximum atomic E-state index is 11.6. The van der Waals surface area contributed by atoms with Gasteiger partial charge in [0, 0.05) is 19.2 Å². The molecule has 0 saturated heterocycles. The Labute approximate surface area is 106 Å². The highest BCUT2D eigenvalue weighted by Gasteiger charge is 2.23. The molecule has 7 heteroatoms. The van der Waals surface area contributed by atoms with E-state index in [1.165, 1.54) is 6.92 Å². The molecule has 3 unspecified atom stereocenters. The first kappa shape index (κ1) is 15.6. The van der Waals surface area contributed by atoms with Crippen LogP contribution in [0.3, 0.4) is 0 Å². The number of nitrogens with two attached hydrogens (primary N) is 1. The predicted octanol–water partition coefficient (Wildman–Crippen LogP) is -0.390. The van der Waals surface area contributed by atoms with Gasteiger partial charge in [-0.1, -0.05) is 0 Å². The summed E-state index contributed by atoms with van der Waals surface area (Å²) >= 11 is 8.13. The van der Waals surface area contributed by atoms with Gasteiger partial charge in [0.05, 0.1) is 5.25 Å². The lowest BCUT2D eigenvalue weighted by Crippen LogP contribution is -2.44. The second-order valence-corrected chi connectivity index (χ2v) is 4.41. The summed E-state index contributed by atoms with van der Waals surface area (Å²) < 4.78 is 5.10. The van der Waals surface area contributed by atoms with Crippen molar-refractivity contribution < 1.29 is 14.3 Å². The molecule has 0 aliphatic heterocycles. The summed E-state index contributed by atoms with van der Waals surface area (Å²) in [6.07, 6.45) is -0.406. The van der Waals surface area contributed by atoms with E-state index >= 15 is 0 Å². The normalized spacial score (nSPS) is 16.1. The maximum Gasteiger partial charge on any atom is 0.329 e. The molecule has 0 aromatic heterocycles. The van der Waals surface area contributed by atoms with Crippen molar-refractivity contribution in [2.24, 2.45) is 5.73 Å². The van der Waals surface area contributed by atoms with Gasteiger partial charge in [0.15, 0.2) is 0 Å². The molecule has 3 N–H and O–H groups in total. The van der Waals surface area contributed by atoms with E-state index in [2.05, 4.69) is 30.6 Å². The lowest BCUT2D eigenvalue weighted by molar-refractivity contribution is -0.151. The number of hydrogen-bond acceptors (Lipinski definition) is 6. The zero-order chi connectivity index (χ0) is 12.7. The van der Waals surface area contributed by atoms with Crippen molar-refractivity contribution in [1.29, 1.82) is 0 Å². The minimum Gasteiger partial charge on any atom is -0.460 e. The van der Waals surface area contributed by atoms with Crippen LogP contribution >= 0.6 is 25.3 Å². The van der Waals surface area contributed by atoms with Gasteiger partial charge < -0.3 is 15.8 Å². The molecule has 0 aromatic rings. The zero-order valence-corrected chi connectivity index (χ0v) is 11.1. The van der Waals surface area contributed by atoms with Crippen LogP contribution in [0.15, 0.2) is 0 Å². The number of ether oxygens (including phenoxy) is 1. The molecule has 0 aromatic carbocycles. The van der Waals surface area contributed by atoms with Crippen LogP contribution in [0, 0.1) is 0 Å². The zero-order valence-electron chi connectivity index (χ0n) is 9.34. The van der Waals surface area contributed by atoms with Gasteiger partial charge in [-0.2, -0.15) is 25.3 Å². The largest absolute Gasteiger partial charge is 0.460 e. The summed E-state index contributed by atoms with van der Waals surface area (Å²) in [6, 6.07) is -0.735. The summed E-state index contributed by atoms with van der Waals surface area (Å²) in [5.74, 6) is -0.638. The number of carbonyl (C=O) groups excluding carboxylic acids is 2. The molecule has 0 spiro atoms. The first-order valence-corrected chi connectivity index (χ1v) is 6.03. The Kier molecular flexibility index (Phi) is 7.61. The highest BCUT2D eigenvalue weighted by atomic mass is 32.1. The first-order valence-electron chi connectivity index (χ1n) is 4.89. The molecule has 1 amide bonds. The van der Waals surface area contributed by atoms with E-state index in [0.29, 0.717) is 6.54 Å². The van der Waals surface area contributed by atoms with E-state index in [-0.39, 0.29) is 16.9 Å². The van der Waals surface area contributed by atoms with Gasteiger partial charge in [-0.15, -0.1) is 0 Å². The molecule has 3 atom stereocenters. The van der Waals surface area contributed by atoms with E-state index in [1.54, 1.807) is 6.92 Å². The number of amides is 1. The van der Waals surface area contributed by atoms with Gasteiger partial charge in [-0.05, 0) is 6.92 Å². The first-order chi connectivity index (χ1) is 7.42. The van der Waals surface area contributed by atoms with Gasteiger partial charge in [0.2, 0.25) is 5.91 Å². The smallest absolute Gasteiger partial charge is 0.329 e. The van der Waals surface area contributed by atoms with Crippen LogP contribution in [0.5, 0.6) is 0 Å². The molecule has 0 aliphatic carbocycles. The molecule has 0 saturated carbocycles. The summed E-state index contributed by atoms with van der Waals surface area (Å²) in [6.45, 7) is 3.34. The maximum absolute atomic E-state index is 11.6. The minimum atomic E-state index is -0.735. The van der Waals surface area contributed by atoms with Crippen LogP contribution in [0.1, 0.15) is 13.8 Å². The fourth-order valence-electron chi connectivity index (χ4n) is 0.960. The summed E-state index contributed by atoms with van der Waals surface area (Å²) in [5.41, 5.74) is 5.39. The van der Waals surface area contributed by atoms with Crippen LogP contribution in [0.25, 0.3) is 0 Å². The van der Waals surface area contributed by atoms with Crippen LogP contribution < -0.4 is 11.1 Å². The molecule has 0 aliphatic rings. The third-order valence-corrected chi connectivity index (χ3v) is 2.93. The van der Waals surface area contributed by atoms with Gasteiger partial charge in [-0.3, -0.25) is 4.79 Å². The molecular weight excluding hydrogens is 248 g/mol. The summed E-state index contributed by atoms with van der Waals surface area (Å²) in [7, 11) is 0. The standard InChI is InChI=1S/C9H18N2O3S2/c1-5(8(16)3-10)14-9(13)7(4-15)11-6(2)12/h5,7-8,15-16H,3-4,10H2,1-2H3,(H,11,12). The van der Waals surface area contributed by atoms with Crippen molar-refractivity contribution in [3.63, 3.8) is 0 Å². The lowest BCUT2D eigenvalue weighted by Gasteiger charge is -2.21. The third-order valence-electron chi connectivity index (χ3n) is 1.93. The average Bonchev–Trinajstić information content (AvgIpc) is 2.23. The average molecular weight is 266 g/mol. The van der Waals surface area contributed by atoms with E-state index in [0.717, 1.165) is 0 Å². The van der Waals surface area contributed by atoms with Crippen LogP contribution in [-0.4, -0.2) is 41.6 Å².